The second-order valence-corrected chi connectivity index (χ2v) is 6.79. The van der Waals surface area contributed by atoms with Gasteiger partial charge in [0.25, 0.3) is 0 Å². The predicted octanol–water partition coefficient (Wildman–Crippen LogP) is 2.44. The number of anilines is 1. The molecular weight excluding hydrogens is 377 g/mol. The highest BCUT2D eigenvalue weighted by Gasteiger charge is 2.56. The molecule has 0 bridgehead atoms. The number of nitrogens with zero attached hydrogens (tertiary/aromatic N) is 4. The summed E-state index contributed by atoms with van der Waals surface area (Å²) in [5, 5.41) is 0. The molecule has 7 nitrogen and oxygen atoms in total. The Balaban J connectivity index is 1.35. The molecule has 2 aromatic heterocycles. The SMILES string of the molecule is COC(=O)c1ccnc(N2CC3C(COc4cccnc4C(F)(F)F)C3C2)n1. The third kappa shape index (κ3) is 3.46. The average molecular weight is 394 g/mol. The lowest BCUT2D eigenvalue weighted by Crippen LogP contribution is -2.27. The number of carbonyl (C=O) groups is 1. The van der Waals surface area contributed by atoms with Crippen LogP contribution in [0.25, 0.3) is 0 Å². The summed E-state index contributed by atoms with van der Waals surface area (Å²) in [4.78, 5) is 25.3. The van der Waals surface area contributed by atoms with E-state index in [2.05, 4.69) is 19.7 Å². The second kappa shape index (κ2) is 6.92. The van der Waals surface area contributed by atoms with Gasteiger partial charge in [-0.3, -0.25) is 0 Å². The van der Waals surface area contributed by atoms with Crippen LogP contribution in [0.4, 0.5) is 19.1 Å². The van der Waals surface area contributed by atoms with Crippen molar-refractivity contribution in [2.75, 3.05) is 31.7 Å². The van der Waals surface area contributed by atoms with Crippen molar-refractivity contribution < 1.29 is 27.4 Å². The lowest BCUT2D eigenvalue weighted by atomic mass is 10.2. The summed E-state index contributed by atoms with van der Waals surface area (Å²) in [5.74, 6) is 0.456. The Morgan fingerprint density at radius 2 is 1.96 bits per heavy atom. The summed E-state index contributed by atoms with van der Waals surface area (Å²) in [7, 11) is 1.28. The van der Waals surface area contributed by atoms with E-state index in [1.54, 1.807) is 0 Å². The third-order valence-electron chi connectivity index (χ3n) is 5.16. The maximum Gasteiger partial charge on any atom is 0.437 e. The van der Waals surface area contributed by atoms with Crippen molar-refractivity contribution in [2.45, 2.75) is 6.18 Å². The van der Waals surface area contributed by atoms with E-state index in [0.717, 1.165) is 6.20 Å². The van der Waals surface area contributed by atoms with E-state index in [1.165, 1.54) is 31.5 Å². The van der Waals surface area contributed by atoms with Gasteiger partial charge in [-0.25, -0.2) is 19.7 Å². The maximum atomic E-state index is 13.0. The standard InChI is InChI=1S/C18H17F3N4O3/c1-27-16(26)13-4-6-23-17(24-13)25-7-10-11(8-25)12(10)9-28-14-3-2-5-22-15(14)18(19,20)21/h2-6,10-12H,7-9H2,1H3. The zero-order chi connectivity index (χ0) is 19.9. The Bertz CT molecular complexity index is 880. The summed E-state index contributed by atoms with van der Waals surface area (Å²) in [5.41, 5.74) is -0.820. The highest BCUT2D eigenvalue weighted by molar-refractivity contribution is 5.87. The average Bonchev–Trinajstić information content (AvgIpc) is 3.14. The molecule has 1 saturated heterocycles. The predicted molar refractivity (Wildman–Crippen MR) is 90.8 cm³/mol. The van der Waals surface area contributed by atoms with Crippen LogP contribution >= 0.6 is 0 Å². The molecule has 2 fully saturated rings. The molecule has 1 aliphatic carbocycles. The number of aromatic nitrogens is 3. The molecule has 2 aliphatic rings. The number of piperidine rings is 1. The van der Waals surface area contributed by atoms with Crippen LogP contribution in [0, 0.1) is 17.8 Å². The Morgan fingerprint density at radius 3 is 2.64 bits per heavy atom. The van der Waals surface area contributed by atoms with Gasteiger partial charge in [0.05, 0.1) is 13.7 Å². The molecule has 2 aromatic rings. The molecule has 2 atom stereocenters. The molecule has 4 rings (SSSR count). The van der Waals surface area contributed by atoms with Crippen molar-refractivity contribution >= 4 is 11.9 Å². The van der Waals surface area contributed by atoms with Crippen LogP contribution in [-0.4, -0.2) is 47.7 Å². The topological polar surface area (TPSA) is 77.4 Å². The molecular formula is C18H17F3N4O3. The van der Waals surface area contributed by atoms with Gasteiger partial charge in [-0.2, -0.15) is 13.2 Å². The largest absolute Gasteiger partial charge is 0.491 e. The highest BCUT2D eigenvalue weighted by Crippen LogP contribution is 2.52. The zero-order valence-corrected chi connectivity index (χ0v) is 14.9. The Hall–Kier alpha value is -2.91. The van der Waals surface area contributed by atoms with E-state index in [1.807, 2.05) is 4.90 Å². The normalized spacial score (nSPS) is 23.3. The van der Waals surface area contributed by atoms with Gasteiger partial charge in [-0.15, -0.1) is 0 Å². The summed E-state index contributed by atoms with van der Waals surface area (Å²) in [6, 6.07) is 4.19. The number of pyridine rings is 1. The zero-order valence-electron chi connectivity index (χ0n) is 14.9. The van der Waals surface area contributed by atoms with Gasteiger partial charge in [0.15, 0.2) is 11.4 Å². The fourth-order valence-electron chi connectivity index (χ4n) is 3.68. The van der Waals surface area contributed by atoms with Gasteiger partial charge in [-0.05, 0) is 30.0 Å². The molecule has 0 amide bonds. The molecule has 3 heterocycles. The number of alkyl halides is 3. The molecule has 0 radical (unpaired) electrons. The number of esters is 1. The van der Waals surface area contributed by atoms with Gasteiger partial charge in [0.2, 0.25) is 5.95 Å². The minimum absolute atomic E-state index is 0.182. The lowest BCUT2D eigenvalue weighted by molar-refractivity contribution is -0.142. The number of methoxy groups -OCH3 is 1. The van der Waals surface area contributed by atoms with Crippen molar-refractivity contribution in [3.8, 4) is 5.75 Å². The van der Waals surface area contributed by atoms with Crippen LogP contribution < -0.4 is 9.64 Å². The van der Waals surface area contributed by atoms with Gasteiger partial charge >= 0.3 is 12.1 Å². The molecule has 0 spiro atoms. The molecule has 148 valence electrons. The van der Waals surface area contributed by atoms with Crippen molar-refractivity contribution in [3.05, 3.63) is 42.0 Å². The minimum atomic E-state index is -4.55. The summed E-state index contributed by atoms with van der Waals surface area (Å²) in [6.45, 7) is 1.55. The molecule has 1 aliphatic heterocycles. The smallest absolute Gasteiger partial charge is 0.437 e. The van der Waals surface area contributed by atoms with Crippen LogP contribution in [-0.2, 0) is 10.9 Å². The number of fused-ring (bicyclic) bond motifs is 1. The Labute approximate surface area is 158 Å². The quantitative estimate of drug-likeness (QED) is 0.721. The number of carbonyl (C=O) groups excluding carboxylic acids is 1. The van der Waals surface area contributed by atoms with Gasteiger partial charge < -0.3 is 14.4 Å². The lowest BCUT2D eigenvalue weighted by Gasteiger charge is -2.20. The summed E-state index contributed by atoms with van der Waals surface area (Å²) < 4.78 is 49.0. The Morgan fingerprint density at radius 1 is 1.21 bits per heavy atom. The van der Waals surface area contributed by atoms with Crippen LogP contribution in [0.1, 0.15) is 16.2 Å². The van der Waals surface area contributed by atoms with E-state index in [9.17, 15) is 18.0 Å². The fraction of sp³-hybridized carbons (Fsp3) is 0.444. The van der Waals surface area contributed by atoms with Crippen molar-refractivity contribution in [1.29, 1.82) is 0 Å². The Kier molecular flexibility index (Phi) is 4.56. The second-order valence-electron chi connectivity index (χ2n) is 6.79. The van der Waals surface area contributed by atoms with E-state index in [4.69, 9.17) is 4.74 Å². The van der Waals surface area contributed by atoms with Crippen LogP contribution in [0.2, 0.25) is 0 Å². The first kappa shape index (κ1) is 18.5. The third-order valence-corrected chi connectivity index (χ3v) is 5.16. The summed E-state index contributed by atoms with van der Waals surface area (Å²) >= 11 is 0. The van der Waals surface area contributed by atoms with Crippen LogP contribution in [0.3, 0.4) is 0 Å². The first-order valence-corrected chi connectivity index (χ1v) is 8.70. The van der Waals surface area contributed by atoms with Gasteiger partial charge in [-0.1, -0.05) is 0 Å². The first-order chi connectivity index (χ1) is 13.4. The van der Waals surface area contributed by atoms with E-state index >= 15 is 0 Å². The maximum absolute atomic E-state index is 13.0. The monoisotopic (exact) mass is 394 g/mol. The van der Waals surface area contributed by atoms with Crippen LogP contribution in [0.5, 0.6) is 5.75 Å². The minimum Gasteiger partial charge on any atom is -0.491 e. The molecule has 10 heteroatoms. The van der Waals surface area contributed by atoms with Crippen molar-refractivity contribution in [2.24, 2.45) is 17.8 Å². The van der Waals surface area contributed by atoms with E-state index in [-0.39, 0.29) is 24.0 Å². The number of ether oxygens (including phenoxy) is 2. The first-order valence-electron chi connectivity index (χ1n) is 8.70. The number of hydrogen-bond acceptors (Lipinski definition) is 7. The van der Waals surface area contributed by atoms with Gasteiger partial charge in [0, 0.05) is 31.4 Å². The number of halogens is 3. The van der Waals surface area contributed by atoms with Crippen LogP contribution in [0.15, 0.2) is 30.6 Å². The van der Waals surface area contributed by atoms with E-state index < -0.39 is 17.8 Å². The molecule has 28 heavy (non-hydrogen) atoms. The molecule has 0 N–H and O–H groups in total. The molecule has 0 aromatic carbocycles. The number of rotatable bonds is 5. The van der Waals surface area contributed by atoms with Crippen molar-refractivity contribution in [1.82, 2.24) is 15.0 Å². The fourth-order valence-corrected chi connectivity index (χ4v) is 3.68. The summed E-state index contributed by atoms with van der Waals surface area (Å²) in [6.07, 6.45) is -1.95. The van der Waals surface area contributed by atoms with E-state index in [0.29, 0.717) is 30.9 Å². The molecule has 2 unspecified atom stereocenters. The highest BCUT2D eigenvalue weighted by atomic mass is 19.4. The number of hydrogen-bond donors (Lipinski definition) is 0. The van der Waals surface area contributed by atoms with Crippen molar-refractivity contribution in [3.63, 3.8) is 0 Å². The molecule has 1 saturated carbocycles. The van der Waals surface area contributed by atoms with Gasteiger partial charge in [0.1, 0.15) is 5.75 Å².